The summed E-state index contributed by atoms with van der Waals surface area (Å²) in [7, 11) is 0. The van der Waals surface area contributed by atoms with Crippen LogP contribution < -0.4 is 0 Å². The molecule has 144 valence electrons. The number of ketones is 1. The van der Waals surface area contributed by atoms with Gasteiger partial charge in [-0.3, -0.25) is 19.7 Å². The second-order valence-corrected chi connectivity index (χ2v) is 6.51. The van der Waals surface area contributed by atoms with Crippen molar-refractivity contribution in [3.05, 3.63) is 80.4 Å². The topological polar surface area (TPSA) is 121 Å². The minimum Gasteiger partial charge on any atom is -0.507 e. The number of halogens is 1. The number of non-ortho nitro benzene ring substituents is 1. The lowest BCUT2D eigenvalue weighted by Gasteiger charge is -2.24. The quantitative estimate of drug-likeness (QED) is 0.261. The minimum atomic E-state index is -1.07. The van der Waals surface area contributed by atoms with Crippen LogP contribution >= 0.6 is 11.6 Å². The van der Waals surface area contributed by atoms with Crippen molar-refractivity contribution in [3.63, 3.8) is 0 Å². The number of β-amino-alcohol motifs (C(OH)–C–C–N with tert-alkyl or cyclic N) is 1. The van der Waals surface area contributed by atoms with Crippen LogP contribution in [0.5, 0.6) is 0 Å². The molecule has 1 aliphatic rings. The number of carbonyl (C=O) groups is 2. The van der Waals surface area contributed by atoms with Crippen molar-refractivity contribution in [2.75, 3.05) is 13.2 Å². The zero-order valence-electron chi connectivity index (χ0n) is 14.4. The first-order chi connectivity index (χ1) is 13.3. The molecule has 2 aromatic rings. The van der Waals surface area contributed by atoms with Crippen LogP contribution in [0.1, 0.15) is 17.2 Å². The maximum atomic E-state index is 12.6. The van der Waals surface area contributed by atoms with Crippen LogP contribution in [0.3, 0.4) is 0 Å². The number of nitro benzene ring substituents is 1. The fourth-order valence-corrected chi connectivity index (χ4v) is 3.26. The van der Waals surface area contributed by atoms with Gasteiger partial charge in [-0.1, -0.05) is 23.7 Å². The number of nitro groups is 1. The van der Waals surface area contributed by atoms with E-state index in [9.17, 15) is 29.9 Å². The molecule has 1 unspecified atom stereocenters. The third-order valence-corrected chi connectivity index (χ3v) is 4.65. The lowest BCUT2D eigenvalue weighted by Crippen LogP contribution is -2.32. The van der Waals surface area contributed by atoms with E-state index in [1.54, 1.807) is 0 Å². The van der Waals surface area contributed by atoms with Gasteiger partial charge in [0.25, 0.3) is 17.4 Å². The highest BCUT2D eigenvalue weighted by molar-refractivity contribution is 6.46. The zero-order valence-corrected chi connectivity index (χ0v) is 15.2. The molecule has 8 nitrogen and oxygen atoms in total. The van der Waals surface area contributed by atoms with Crippen molar-refractivity contribution in [1.82, 2.24) is 4.90 Å². The highest BCUT2D eigenvalue weighted by atomic mass is 35.5. The van der Waals surface area contributed by atoms with Gasteiger partial charge in [0.2, 0.25) is 0 Å². The first-order valence-electron chi connectivity index (χ1n) is 8.24. The Labute approximate surface area is 164 Å². The Bertz CT molecular complexity index is 986. The standard InChI is InChI=1S/C19H15ClN2O6/c20-13-6-4-11(5-7-13)17(24)15-16(21(8-9-23)19(26)18(15)25)12-2-1-3-14(10-12)22(27)28/h1-7,10,16,23-24H,8-9H2. The maximum Gasteiger partial charge on any atom is 0.295 e. The van der Waals surface area contributed by atoms with E-state index in [1.807, 2.05) is 0 Å². The van der Waals surface area contributed by atoms with Gasteiger partial charge in [0, 0.05) is 29.3 Å². The van der Waals surface area contributed by atoms with Crippen LogP contribution in [0.2, 0.25) is 5.02 Å². The molecule has 1 saturated heterocycles. The molecule has 0 saturated carbocycles. The van der Waals surface area contributed by atoms with Crippen LogP contribution in [0.4, 0.5) is 5.69 Å². The van der Waals surface area contributed by atoms with Crippen molar-refractivity contribution in [2.24, 2.45) is 0 Å². The average Bonchev–Trinajstić information content (AvgIpc) is 2.93. The van der Waals surface area contributed by atoms with Crippen molar-refractivity contribution in [1.29, 1.82) is 0 Å². The van der Waals surface area contributed by atoms with Gasteiger partial charge < -0.3 is 15.1 Å². The minimum absolute atomic E-state index is 0.171. The predicted molar refractivity (Wildman–Crippen MR) is 101 cm³/mol. The van der Waals surface area contributed by atoms with Crippen LogP contribution in [-0.2, 0) is 9.59 Å². The number of hydrogen-bond donors (Lipinski definition) is 2. The Morgan fingerprint density at radius 2 is 1.86 bits per heavy atom. The summed E-state index contributed by atoms with van der Waals surface area (Å²) in [6.07, 6.45) is 0. The van der Waals surface area contributed by atoms with Gasteiger partial charge in [0.05, 0.1) is 23.1 Å². The molecule has 28 heavy (non-hydrogen) atoms. The Kier molecular flexibility index (Phi) is 5.43. The molecule has 0 aliphatic carbocycles. The molecule has 1 amide bonds. The molecule has 9 heteroatoms. The van der Waals surface area contributed by atoms with Gasteiger partial charge in [-0.05, 0) is 29.8 Å². The first kappa shape index (κ1) is 19.5. The van der Waals surface area contributed by atoms with E-state index in [-0.39, 0.29) is 28.9 Å². The summed E-state index contributed by atoms with van der Waals surface area (Å²) in [5, 5.41) is 31.6. The summed E-state index contributed by atoms with van der Waals surface area (Å²) in [5.74, 6) is -2.26. The van der Waals surface area contributed by atoms with E-state index in [0.29, 0.717) is 5.02 Å². The first-order valence-corrected chi connectivity index (χ1v) is 8.62. The van der Waals surface area contributed by atoms with Crippen molar-refractivity contribution in [3.8, 4) is 0 Å². The van der Waals surface area contributed by atoms with Gasteiger partial charge in [0.15, 0.2) is 0 Å². The molecular formula is C19H15ClN2O6. The average molecular weight is 403 g/mol. The Morgan fingerprint density at radius 3 is 2.46 bits per heavy atom. The second-order valence-electron chi connectivity index (χ2n) is 6.08. The molecule has 1 atom stereocenters. The van der Waals surface area contributed by atoms with E-state index >= 15 is 0 Å². The molecule has 1 heterocycles. The summed E-state index contributed by atoms with van der Waals surface area (Å²) in [6.45, 7) is -0.589. The highest BCUT2D eigenvalue weighted by Crippen LogP contribution is 2.40. The van der Waals surface area contributed by atoms with E-state index in [4.69, 9.17) is 11.6 Å². The third kappa shape index (κ3) is 3.47. The van der Waals surface area contributed by atoms with Crippen LogP contribution in [0.15, 0.2) is 54.1 Å². The van der Waals surface area contributed by atoms with Gasteiger partial charge in [-0.2, -0.15) is 0 Å². The van der Waals surface area contributed by atoms with Crippen LogP contribution in [-0.4, -0.2) is 44.9 Å². The number of benzene rings is 2. The Balaban J connectivity index is 2.20. The summed E-state index contributed by atoms with van der Waals surface area (Å²) in [6, 6.07) is 10.4. The fourth-order valence-electron chi connectivity index (χ4n) is 3.14. The largest absolute Gasteiger partial charge is 0.507 e. The Hall–Kier alpha value is -3.23. The van der Waals surface area contributed by atoms with Gasteiger partial charge in [-0.15, -0.1) is 0 Å². The molecule has 2 N–H and O–H groups in total. The van der Waals surface area contributed by atoms with Gasteiger partial charge in [0.1, 0.15) is 5.76 Å². The van der Waals surface area contributed by atoms with Gasteiger partial charge in [-0.25, -0.2) is 0 Å². The van der Waals surface area contributed by atoms with Crippen LogP contribution in [0.25, 0.3) is 5.76 Å². The van der Waals surface area contributed by atoms with E-state index in [1.165, 1.54) is 48.5 Å². The molecule has 0 bridgehead atoms. The number of nitrogens with zero attached hydrogens (tertiary/aromatic N) is 2. The molecule has 0 aromatic heterocycles. The van der Waals surface area contributed by atoms with E-state index < -0.39 is 35.0 Å². The fraction of sp³-hybridized carbons (Fsp3) is 0.158. The van der Waals surface area contributed by atoms with Crippen LogP contribution in [0, 0.1) is 10.1 Å². The highest BCUT2D eigenvalue weighted by Gasteiger charge is 2.46. The molecule has 1 fully saturated rings. The van der Waals surface area contributed by atoms with Gasteiger partial charge >= 0.3 is 0 Å². The molecular weight excluding hydrogens is 388 g/mol. The molecule has 0 radical (unpaired) electrons. The molecule has 3 rings (SSSR count). The SMILES string of the molecule is O=C1C(=O)N(CCO)C(c2cccc([N+](=O)[O-])c2)C1=C(O)c1ccc(Cl)cc1. The third-order valence-electron chi connectivity index (χ3n) is 4.40. The number of rotatable bonds is 5. The van der Waals surface area contributed by atoms with E-state index in [2.05, 4.69) is 0 Å². The number of Topliss-reactive ketones (excluding diaryl/α,β-unsaturated/α-hetero) is 1. The molecule has 2 aromatic carbocycles. The molecule has 0 spiro atoms. The Morgan fingerprint density at radius 1 is 1.18 bits per heavy atom. The van der Waals surface area contributed by atoms with Crippen molar-refractivity contribution < 1.29 is 24.7 Å². The second kappa shape index (κ2) is 7.79. The van der Waals surface area contributed by atoms with Crippen molar-refractivity contribution in [2.45, 2.75) is 6.04 Å². The number of likely N-dealkylation sites (tertiary alicyclic amines) is 1. The lowest BCUT2D eigenvalue weighted by atomic mass is 9.95. The number of aliphatic hydroxyl groups is 2. The lowest BCUT2D eigenvalue weighted by molar-refractivity contribution is -0.384. The van der Waals surface area contributed by atoms with E-state index in [0.717, 1.165) is 4.90 Å². The predicted octanol–water partition coefficient (Wildman–Crippen LogP) is 2.66. The normalized spacial score (nSPS) is 18.5. The number of aliphatic hydroxyl groups excluding tert-OH is 2. The smallest absolute Gasteiger partial charge is 0.295 e. The number of amides is 1. The van der Waals surface area contributed by atoms with Crippen molar-refractivity contribution >= 4 is 34.7 Å². The summed E-state index contributed by atoms with van der Waals surface area (Å²) < 4.78 is 0. The molecule has 1 aliphatic heterocycles. The summed E-state index contributed by atoms with van der Waals surface area (Å²) in [5.41, 5.74) is 0.110. The maximum absolute atomic E-state index is 12.6. The number of carbonyl (C=O) groups excluding carboxylic acids is 2. The zero-order chi connectivity index (χ0) is 20.4. The monoisotopic (exact) mass is 402 g/mol. The number of hydrogen-bond acceptors (Lipinski definition) is 6. The summed E-state index contributed by atoms with van der Waals surface area (Å²) in [4.78, 5) is 36.7. The summed E-state index contributed by atoms with van der Waals surface area (Å²) >= 11 is 5.85.